The number of carbonyl (C=O) groups is 2. The highest BCUT2D eigenvalue weighted by Crippen LogP contribution is 2.36. The molecule has 0 radical (unpaired) electrons. The third-order valence-electron chi connectivity index (χ3n) is 5.19. The molecule has 1 atom stereocenters. The van der Waals surface area contributed by atoms with Crippen molar-refractivity contribution in [3.8, 4) is 11.5 Å². The van der Waals surface area contributed by atoms with E-state index in [1.165, 1.54) is 4.90 Å². The third kappa shape index (κ3) is 3.15. The van der Waals surface area contributed by atoms with E-state index in [0.29, 0.717) is 30.2 Å². The average Bonchev–Trinajstić information content (AvgIpc) is 3.10. The van der Waals surface area contributed by atoms with Gasteiger partial charge in [-0.3, -0.25) is 9.59 Å². The van der Waals surface area contributed by atoms with Gasteiger partial charge in [-0.2, -0.15) is 0 Å². The first-order valence-corrected chi connectivity index (χ1v) is 8.82. The summed E-state index contributed by atoms with van der Waals surface area (Å²) in [4.78, 5) is 26.8. The van der Waals surface area contributed by atoms with Gasteiger partial charge in [0.05, 0.1) is 6.42 Å². The Kier molecular flexibility index (Phi) is 4.41. The minimum absolute atomic E-state index is 0.0320. The Morgan fingerprint density at radius 2 is 1.93 bits per heavy atom. The normalized spacial score (nSPS) is 19.9. The molecule has 0 aromatic heterocycles. The number of anilines is 1. The molecule has 2 aliphatic rings. The van der Waals surface area contributed by atoms with Crippen LogP contribution in [0.25, 0.3) is 0 Å². The number of carbonyl (C=O) groups excluding carboxylic acids is 2. The fourth-order valence-electron chi connectivity index (χ4n) is 3.37. The Morgan fingerprint density at radius 1 is 1.14 bits per heavy atom. The predicted molar refractivity (Wildman–Crippen MR) is 96.0 cm³/mol. The van der Waals surface area contributed by atoms with E-state index in [0.717, 1.165) is 18.2 Å². The highest BCUT2D eigenvalue weighted by molar-refractivity contribution is 6.01. The smallest absolute Gasteiger partial charge is 0.250 e. The molecular formula is C20H18F2N2O4. The topological polar surface area (TPSA) is 67.9 Å². The monoisotopic (exact) mass is 388 g/mol. The summed E-state index contributed by atoms with van der Waals surface area (Å²) in [5.41, 5.74) is -0.571. The van der Waals surface area contributed by atoms with Crippen LogP contribution in [-0.4, -0.2) is 35.6 Å². The standard InChI is InChI=1S/C20H18F2N2O4/c1-20(19(26)23-14-3-5-16-17(10-14)28-11-27-16)6-7-24(20)18(25)9-12-8-13(21)2-4-15(12)22/h2-5,8,10H,6-7,9,11H2,1H3,(H,23,26). The van der Waals surface area contributed by atoms with Crippen molar-refractivity contribution < 1.29 is 27.8 Å². The Bertz CT molecular complexity index is 965. The summed E-state index contributed by atoms with van der Waals surface area (Å²) in [6, 6.07) is 8.00. The first kappa shape index (κ1) is 18.2. The van der Waals surface area contributed by atoms with Crippen LogP contribution in [0.1, 0.15) is 18.9 Å². The van der Waals surface area contributed by atoms with E-state index in [9.17, 15) is 18.4 Å². The molecule has 2 aliphatic heterocycles. The van der Waals surface area contributed by atoms with Crippen molar-refractivity contribution in [2.45, 2.75) is 25.3 Å². The zero-order chi connectivity index (χ0) is 19.9. The maximum Gasteiger partial charge on any atom is 0.250 e. The highest BCUT2D eigenvalue weighted by atomic mass is 19.1. The average molecular weight is 388 g/mol. The van der Waals surface area contributed by atoms with Gasteiger partial charge in [-0.05, 0) is 43.7 Å². The highest BCUT2D eigenvalue weighted by Gasteiger charge is 2.49. The lowest BCUT2D eigenvalue weighted by molar-refractivity contribution is -0.154. The lowest BCUT2D eigenvalue weighted by Crippen LogP contribution is -2.66. The Morgan fingerprint density at radius 3 is 2.68 bits per heavy atom. The van der Waals surface area contributed by atoms with Crippen LogP contribution in [0.3, 0.4) is 0 Å². The summed E-state index contributed by atoms with van der Waals surface area (Å²) in [5.74, 6) is -0.921. The van der Waals surface area contributed by atoms with E-state index in [-0.39, 0.29) is 24.7 Å². The maximum atomic E-state index is 13.8. The number of hydrogen-bond donors (Lipinski definition) is 1. The van der Waals surface area contributed by atoms with Crippen molar-refractivity contribution in [3.05, 3.63) is 53.6 Å². The van der Waals surface area contributed by atoms with E-state index in [4.69, 9.17) is 9.47 Å². The minimum Gasteiger partial charge on any atom is -0.454 e. The number of hydrogen-bond acceptors (Lipinski definition) is 4. The van der Waals surface area contributed by atoms with Gasteiger partial charge in [0.2, 0.25) is 18.6 Å². The number of halogens is 2. The van der Waals surface area contributed by atoms with E-state index in [2.05, 4.69) is 5.32 Å². The van der Waals surface area contributed by atoms with Crippen molar-refractivity contribution in [2.24, 2.45) is 0 Å². The van der Waals surface area contributed by atoms with Gasteiger partial charge in [0.15, 0.2) is 11.5 Å². The molecule has 8 heteroatoms. The molecule has 1 fully saturated rings. The molecule has 0 saturated carbocycles. The second-order valence-electron chi connectivity index (χ2n) is 7.00. The molecule has 28 heavy (non-hydrogen) atoms. The second-order valence-corrected chi connectivity index (χ2v) is 7.00. The molecule has 0 aliphatic carbocycles. The molecule has 4 rings (SSSR count). The minimum atomic E-state index is -1.06. The number of fused-ring (bicyclic) bond motifs is 1. The first-order valence-electron chi connectivity index (χ1n) is 8.82. The summed E-state index contributed by atoms with van der Waals surface area (Å²) in [6.07, 6.45) is 0.164. The third-order valence-corrected chi connectivity index (χ3v) is 5.19. The molecule has 2 aromatic rings. The van der Waals surface area contributed by atoms with Crippen LogP contribution in [-0.2, 0) is 16.0 Å². The van der Waals surface area contributed by atoms with Crippen LogP contribution in [0, 0.1) is 11.6 Å². The van der Waals surface area contributed by atoms with E-state index in [1.807, 2.05) is 0 Å². The molecular weight excluding hydrogens is 370 g/mol. The number of likely N-dealkylation sites (tertiary alicyclic amines) is 1. The number of nitrogens with one attached hydrogen (secondary N) is 1. The maximum absolute atomic E-state index is 13.8. The summed E-state index contributed by atoms with van der Waals surface area (Å²) in [6.45, 7) is 2.16. The zero-order valence-corrected chi connectivity index (χ0v) is 15.1. The lowest BCUT2D eigenvalue weighted by atomic mass is 9.84. The van der Waals surface area contributed by atoms with Gasteiger partial charge < -0.3 is 19.7 Å². The van der Waals surface area contributed by atoms with Gasteiger partial charge in [-0.1, -0.05) is 0 Å². The van der Waals surface area contributed by atoms with Crippen LogP contribution in [0.15, 0.2) is 36.4 Å². The number of rotatable bonds is 4. The van der Waals surface area contributed by atoms with Gasteiger partial charge in [-0.25, -0.2) is 8.78 Å². The van der Waals surface area contributed by atoms with Crippen molar-refractivity contribution in [1.29, 1.82) is 0 Å². The molecule has 1 N–H and O–H groups in total. The van der Waals surface area contributed by atoms with E-state index < -0.39 is 23.1 Å². The summed E-state index contributed by atoms with van der Waals surface area (Å²) in [7, 11) is 0. The summed E-state index contributed by atoms with van der Waals surface area (Å²) >= 11 is 0. The number of benzene rings is 2. The molecule has 0 spiro atoms. The molecule has 2 amide bonds. The fraction of sp³-hybridized carbons (Fsp3) is 0.300. The second kappa shape index (κ2) is 6.78. The van der Waals surface area contributed by atoms with Crippen LogP contribution < -0.4 is 14.8 Å². The van der Waals surface area contributed by atoms with Crippen molar-refractivity contribution in [2.75, 3.05) is 18.7 Å². The van der Waals surface area contributed by atoms with E-state index >= 15 is 0 Å². The first-order chi connectivity index (χ1) is 13.4. The van der Waals surface area contributed by atoms with Gasteiger partial charge >= 0.3 is 0 Å². The van der Waals surface area contributed by atoms with E-state index in [1.54, 1.807) is 25.1 Å². The van der Waals surface area contributed by atoms with Crippen molar-refractivity contribution in [1.82, 2.24) is 4.90 Å². The Labute approximate surface area is 160 Å². The van der Waals surface area contributed by atoms with Crippen LogP contribution in [0.4, 0.5) is 14.5 Å². The zero-order valence-electron chi connectivity index (χ0n) is 15.1. The molecule has 1 saturated heterocycles. The molecule has 2 aromatic carbocycles. The largest absolute Gasteiger partial charge is 0.454 e. The van der Waals surface area contributed by atoms with Crippen molar-refractivity contribution >= 4 is 17.5 Å². The van der Waals surface area contributed by atoms with Crippen LogP contribution in [0.5, 0.6) is 11.5 Å². The number of amides is 2. The Balaban J connectivity index is 1.46. The van der Waals surface area contributed by atoms with Gasteiger partial charge in [0.25, 0.3) is 0 Å². The molecule has 1 unspecified atom stereocenters. The Hall–Kier alpha value is -3.16. The van der Waals surface area contributed by atoms with Crippen molar-refractivity contribution in [3.63, 3.8) is 0 Å². The van der Waals surface area contributed by atoms with Gasteiger partial charge in [0, 0.05) is 23.9 Å². The summed E-state index contributed by atoms with van der Waals surface area (Å²) < 4.78 is 37.7. The quantitative estimate of drug-likeness (QED) is 0.875. The summed E-state index contributed by atoms with van der Waals surface area (Å²) in [5, 5.41) is 2.78. The number of nitrogens with zero attached hydrogens (tertiary/aromatic N) is 1. The fourth-order valence-corrected chi connectivity index (χ4v) is 3.37. The molecule has 6 nitrogen and oxygen atoms in total. The lowest BCUT2D eigenvalue weighted by Gasteiger charge is -2.49. The SMILES string of the molecule is CC1(C(=O)Nc2ccc3c(c2)OCO3)CCN1C(=O)Cc1cc(F)ccc1F. The van der Waals surface area contributed by atoms with Gasteiger partial charge in [-0.15, -0.1) is 0 Å². The van der Waals surface area contributed by atoms with Gasteiger partial charge in [0.1, 0.15) is 17.2 Å². The molecule has 146 valence electrons. The molecule has 0 bridgehead atoms. The predicted octanol–water partition coefficient (Wildman–Crippen LogP) is 2.87. The van der Waals surface area contributed by atoms with Crippen LogP contribution >= 0.6 is 0 Å². The number of ether oxygens (including phenoxy) is 2. The molecule has 2 heterocycles. The van der Waals surface area contributed by atoms with Crippen LogP contribution in [0.2, 0.25) is 0 Å².